The summed E-state index contributed by atoms with van der Waals surface area (Å²) < 4.78 is 11.0. The highest BCUT2D eigenvalue weighted by Crippen LogP contribution is 2.29. The lowest BCUT2D eigenvalue weighted by atomic mass is 9.97. The molecular formula is C46H56N2O8. The topological polar surface area (TPSA) is 134 Å². The van der Waals surface area contributed by atoms with Crippen LogP contribution < -0.4 is 9.80 Å². The van der Waals surface area contributed by atoms with E-state index in [0.717, 1.165) is 76.1 Å². The summed E-state index contributed by atoms with van der Waals surface area (Å²) in [5, 5.41) is 21.3. The minimum atomic E-state index is -0.566. The van der Waals surface area contributed by atoms with E-state index in [0.29, 0.717) is 12.8 Å². The Hall–Kier alpha value is -5.64. The van der Waals surface area contributed by atoms with Crippen molar-refractivity contribution in [2.24, 2.45) is 0 Å². The van der Waals surface area contributed by atoms with Crippen molar-refractivity contribution >= 4 is 34.9 Å². The number of phenols is 2. The third kappa shape index (κ3) is 11.4. The Kier molecular flexibility index (Phi) is 17.0. The van der Waals surface area contributed by atoms with Gasteiger partial charge in [-0.3, -0.25) is 9.59 Å². The zero-order chi connectivity index (χ0) is 40.5. The maximum atomic E-state index is 13.4. The first-order valence-corrected chi connectivity index (χ1v) is 19.9. The van der Waals surface area contributed by atoms with Gasteiger partial charge in [0.2, 0.25) is 0 Å². The summed E-state index contributed by atoms with van der Waals surface area (Å²) in [6.45, 7) is 11.6. The Labute approximate surface area is 331 Å². The number of rotatable bonds is 23. The van der Waals surface area contributed by atoms with Crippen LogP contribution in [0.15, 0.2) is 84.9 Å². The van der Waals surface area contributed by atoms with Gasteiger partial charge in [-0.25, -0.2) is 9.59 Å². The Morgan fingerprint density at radius 2 is 0.768 bits per heavy atom. The number of ether oxygens (including phenoxy) is 2. The van der Waals surface area contributed by atoms with Crippen molar-refractivity contribution in [3.63, 3.8) is 0 Å². The average Bonchev–Trinajstić information content (AvgIpc) is 3.21. The van der Waals surface area contributed by atoms with Crippen LogP contribution in [-0.2, 0) is 9.47 Å². The van der Waals surface area contributed by atoms with E-state index in [4.69, 9.17) is 9.47 Å². The van der Waals surface area contributed by atoms with Gasteiger partial charge in [-0.1, -0.05) is 74.9 Å². The maximum absolute atomic E-state index is 13.4. The quantitative estimate of drug-likeness (QED) is 0.0428. The minimum Gasteiger partial charge on any atom is -0.507 e. The molecule has 10 heteroatoms. The van der Waals surface area contributed by atoms with Gasteiger partial charge in [-0.15, -0.1) is 0 Å². The fourth-order valence-electron chi connectivity index (χ4n) is 6.75. The van der Waals surface area contributed by atoms with E-state index in [9.17, 15) is 29.4 Å². The smallest absolute Gasteiger partial charge is 0.338 e. The second-order valence-electron chi connectivity index (χ2n) is 13.6. The molecule has 56 heavy (non-hydrogen) atoms. The van der Waals surface area contributed by atoms with E-state index in [1.165, 1.54) is 0 Å². The number of unbranched alkanes of at least 4 members (excludes halogenated alkanes) is 7. The Morgan fingerprint density at radius 1 is 0.446 bits per heavy atom. The molecule has 0 radical (unpaired) electrons. The van der Waals surface area contributed by atoms with Crippen molar-refractivity contribution in [3.8, 4) is 11.5 Å². The summed E-state index contributed by atoms with van der Waals surface area (Å²) in [5.41, 5.74) is 2.62. The van der Waals surface area contributed by atoms with Crippen LogP contribution in [0.3, 0.4) is 0 Å². The highest BCUT2D eigenvalue weighted by atomic mass is 16.5. The van der Waals surface area contributed by atoms with Gasteiger partial charge in [0.1, 0.15) is 11.5 Å². The first-order chi connectivity index (χ1) is 27.1. The SMILES string of the molecule is CCN(CC)c1ccc(C(=O)c2ccccc2C(=O)OCCCCCCCCCCOC(=O)c2ccccc2C(=O)c2ccc(N(CC)CC)cc2O)c(O)c1. The molecule has 4 rings (SSSR count). The predicted octanol–water partition coefficient (Wildman–Crippen LogP) is 9.39. The molecule has 0 aliphatic carbocycles. The van der Waals surface area contributed by atoms with E-state index >= 15 is 0 Å². The molecule has 0 aromatic heterocycles. The van der Waals surface area contributed by atoms with Gasteiger partial charge in [0.15, 0.2) is 11.6 Å². The molecule has 4 aromatic carbocycles. The van der Waals surface area contributed by atoms with E-state index < -0.39 is 23.5 Å². The molecule has 0 amide bonds. The van der Waals surface area contributed by atoms with E-state index in [1.54, 1.807) is 84.9 Å². The maximum Gasteiger partial charge on any atom is 0.338 e. The molecule has 4 aromatic rings. The lowest BCUT2D eigenvalue weighted by Crippen LogP contribution is -2.21. The second kappa shape index (κ2) is 22.0. The van der Waals surface area contributed by atoms with Crippen LogP contribution in [0.1, 0.15) is 132 Å². The molecular weight excluding hydrogens is 709 g/mol. The van der Waals surface area contributed by atoms with Gasteiger partial charge in [0.25, 0.3) is 0 Å². The van der Waals surface area contributed by atoms with E-state index in [2.05, 4.69) is 9.80 Å². The molecule has 0 unspecified atom stereocenters. The molecule has 0 atom stereocenters. The number of hydrogen-bond acceptors (Lipinski definition) is 10. The molecule has 0 spiro atoms. The van der Waals surface area contributed by atoms with Crippen molar-refractivity contribution in [1.29, 1.82) is 0 Å². The number of hydrogen-bond donors (Lipinski definition) is 2. The number of carbonyl (C=O) groups is 4. The number of benzene rings is 4. The number of phenolic OH excluding ortho intramolecular Hbond substituents is 2. The summed E-state index contributed by atoms with van der Waals surface area (Å²) in [7, 11) is 0. The number of anilines is 2. The zero-order valence-corrected chi connectivity index (χ0v) is 33.2. The Morgan fingerprint density at radius 3 is 1.09 bits per heavy atom. The standard InChI is InChI=1S/C46H56N2O8/c1-5-47(6-2)33-25-27-39(41(49)31-33)43(51)35-21-15-17-23-37(35)45(53)55-29-19-13-11-9-10-12-14-20-30-56-46(54)38-24-18-16-22-36(38)44(52)40-28-26-34(32-42(40)50)48(7-3)8-4/h15-18,21-28,31-32,49-50H,5-14,19-20,29-30H2,1-4H3. The van der Waals surface area contributed by atoms with Gasteiger partial charge in [0, 0.05) is 60.8 Å². The Balaban J connectivity index is 1.12. The molecule has 0 fully saturated rings. The van der Waals surface area contributed by atoms with Crippen LogP contribution in [0, 0.1) is 0 Å². The van der Waals surface area contributed by atoms with Crippen molar-refractivity contribution in [1.82, 2.24) is 0 Å². The van der Waals surface area contributed by atoms with Gasteiger partial charge < -0.3 is 29.5 Å². The zero-order valence-electron chi connectivity index (χ0n) is 33.2. The molecule has 0 saturated carbocycles. The summed E-state index contributed by atoms with van der Waals surface area (Å²) >= 11 is 0. The number of esters is 2. The molecule has 0 heterocycles. The third-order valence-electron chi connectivity index (χ3n) is 10.00. The summed E-state index contributed by atoms with van der Waals surface area (Å²) in [4.78, 5) is 56.8. The number of aromatic hydroxyl groups is 2. The van der Waals surface area contributed by atoms with Crippen molar-refractivity contribution in [2.45, 2.75) is 79.1 Å². The number of nitrogens with zero attached hydrogens (tertiary/aromatic N) is 2. The highest BCUT2D eigenvalue weighted by Gasteiger charge is 2.23. The fourth-order valence-corrected chi connectivity index (χ4v) is 6.75. The van der Waals surface area contributed by atoms with Gasteiger partial charge in [0.05, 0.1) is 35.5 Å². The molecule has 2 N–H and O–H groups in total. The monoisotopic (exact) mass is 764 g/mol. The first kappa shape index (κ1) is 43.1. The van der Waals surface area contributed by atoms with E-state index in [-0.39, 0.29) is 58.1 Å². The van der Waals surface area contributed by atoms with Crippen LogP contribution in [0.25, 0.3) is 0 Å². The highest BCUT2D eigenvalue weighted by molar-refractivity contribution is 6.16. The van der Waals surface area contributed by atoms with Crippen LogP contribution >= 0.6 is 0 Å². The predicted molar refractivity (Wildman–Crippen MR) is 221 cm³/mol. The lowest BCUT2D eigenvalue weighted by Gasteiger charge is -2.21. The summed E-state index contributed by atoms with van der Waals surface area (Å²) in [6, 6.07) is 23.0. The van der Waals surface area contributed by atoms with Crippen molar-refractivity contribution in [3.05, 3.63) is 118 Å². The normalized spacial score (nSPS) is 10.9. The lowest BCUT2D eigenvalue weighted by molar-refractivity contribution is 0.0485. The minimum absolute atomic E-state index is 0.131. The first-order valence-electron chi connectivity index (χ1n) is 19.9. The van der Waals surface area contributed by atoms with Crippen LogP contribution in [0.2, 0.25) is 0 Å². The van der Waals surface area contributed by atoms with Gasteiger partial charge >= 0.3 is 11.9 Å². The number of carbonyl (C=O) groups excluding carboxylic acids is 4. The fraction of sp³-hybridized carbons (Fsp3) is 0.391. The Bertz CT molecular complexity index is 1790. The summed E-state index contributed by atoms with van der Waals surface area (Å²) in [5.74, 6) is -2.27. The molecule has 10 nitrogen and oxygen atoms in total. The van der Waals surface area contributed by atoms with Crippen molar-refractivity contribution < 1.29 is 38.9 Å². The van der Waals surface area contributed by atoms with Crippen molar-refractivity contribution in [2.75, 3.05) is 49.2 Å². The second-order valence-corrected chi connectivity index (χ2v) is 13.6. The van der Waals surface area contributed by atoms with E-state index in [1.807, 2.05) is 27.7 Å². The van der Waals surface area contributed by atoms with Gasteiger partial charge in [-0.2, -0.15) is 0 Å². The average molecular weight is 765 g/mol. The third-order valence-corrected chi connectivity index (χ3v) is 10.00. The van der Waals surface area contributed by atoms with Gasteiger partial charge in [-0.05, 0) is 76.9 Å². The molecule has 298 valence electrons. The van der Waals surface area contributed by atoms with Crippen LogP contribution in [0.5, 0.6) is 11.5 Å². The van der Waals surface area contributed by atoms with Crippen LogP contribution in [-0.4, -0.2) is 73.1 Å². The van der Waals surface area contributed by atoms with Crippen LogP contribution in [0.4, 0.5) is 11.4 Å². The molecule has 0 saturated heterocycles. The molecule has 0 aliphatic rings. The number of ketones is 2. The molecule has 0 bridgehead atoms. The molecule has 0 aliphatic heterocycles. The summed E-state index contributed by atoms with van der Waals surface area (Å²) in [6.07, 6.45) is 7.24. The largest absolute Gasteiger partial charge is 0.507 e.